The molecule has 3 rings (SSSR count). The van der Waals surface area contributed by atoms with Crippen molar-refractivity contribution in [1.82, 2.24) is 19.9 Å². The topological polar surface area (TPSA) is 93.4 Å². The van der Waals surface area contributed by atoms with Crippen molar-refractivity contribution in [1.29, 1.82) is 0 Å². The van der Waals surface area contributed by atoms with Gasteiger partial charge in [-0.25, -0.2) is 17.9 Å². The van der Waals surface area contributed by atoms with E-state index in [9.17, 15) is 13.2 Å². The fraction of sp³-hybridized carbons (Fsp3) is 0.462. The number of amides is 1. The quantitative estimate of drug-likeness (QED) is 0.872. The van der Waals surface area contributed by atoms with Crippen LogP contribution in [0.2, 0.25) is 0 Å². The van der Waals surface area contributed by atoms with Gasteiger partial charge in [0, 0.05) is 24.2 Å². The molecular weight excluding hydrogens is 324 g/mol. The molecule has 22 heavy (non-hydrogen) atoms. The Bertz CT molecular complexity index is 816. The molecule has 1 atom stereocenters. The smallest absolute Gasteiger partial charge is 0.257 e. The molecule has 9 heteroatoms. The van der Waals surface area contributed by atoms with Gasteiger partial charge in [0.15, 0.2) is 15.5 Å². The third kappa shape index (κ3) is 2.95. The van der Waals surface area contributed by atoms with Crippen LogP contribution < -0.4 is 5.32 Å². The number of aromatic nitrogens is 3. The Kier molecular flexibility index (Phi) is 4.09. The van der Waals surface area contributed by atoms with Gasteiger partial charge in [-0.15, -0.1) is 0 Å². The number of carbonyl (C=O) groups excluding carboxylic acids is 1. The maximum Gasteiger partial charge on any atom is 0.257 e. The molecule has 1 amide bonds. The van der Waals surface area contributed by atoms with E-state index in [0.29, 0.717) is 29.1 Å². The maximum absolute atomic E-state index is 12.6. The molecule has 7 nitrogen and oxygen atoms in total. The second-order valence-electron chi connectivity index (χ2n) is 5.22. The number of fused-ring (bicyclic) bond motifs is 1. The van der Waals surface area contributed by atoms with Gasteiger partial charge in [0.25, 0.3) is 5.91 Å². The van der Waals surface area contributed by atoms with Gasteiger partial charge < -0.3 is 5.32 Å². The number of hydrogen-bond donors (Lipinski definition) is 1. The highest BCUT2D eigenvalue weighted by atomic mass is 32.2. The Hall–Kier alpha value is -1.61. The van der Waals surface area contributed by atoms with Gasteiger partial charge in [0.2, 0.25) is 0 Å². The van der Waals surface area contributed by atoms with Crippen LogP contribution in [0.15, 0.2) is 18.5 Å². The molecule has 0 spiro atoms. The summed E-state index contributed by atoms with van der Waals surface area (Å²) in [6, 6.07) is 1.41. The molecule has 1 saturated heterocycles. The number of carbonyl (C=O) groups is 1. The molecule has 1 fully saturated rings. The average molecular weight is 340 g/mol. The fourth-order valence-electron chi connectivity index (χ4n) is 2.57. The average Bonchev–Trinajstić information content (AvgIpc) is 2.98. The van der Waals surface area contributed by atoms with Crippen LogP contribution in [0.1, 0.15) is 22.5 Å². The first kappa shape index (κ1) is 15.3. The number of thioether (sulfide) groups is 1. The highest BCUT2D eigenvalue weighted by molar-refractivity contribution is 7.97. The van der Waals surface area contributed by atoms with Crippen molar-refractivity contribution in [3.05, 3.63) is 29.7 Å². The number of nitrogens with one attached hydrogen (secondary N) is 1. The van der Waals surface area contributed by atoms with E-state index in [1.165, 1.54) is 0 Å². The Morgan fingerprint density at radius 3 is 3.05 bits per heavy atom. The largest absolute Gasteiger partial charge is 0.348 e. The third-order valence-corrected chi connectivity index (χ3v) is 5.87. The molecule has 118 valence electrons. The Morgan fingerprint density at radius 2 is 2.36 bits per heavy atom. The lowest BCUT2D eigenvalue weighted by molar-refractivity contribution is 0.0942. The lowest BCUT2D eigenvalue weighted by Crippen LogP contribution is -2.36. The Morgan fingerprint density at radius 1 is 1.55 bits per heavy atom. The van der Waals surface area contributed by atoms with E-state index in [-0.39, 0.29) is 23.5 Å². The highest BCUT2D eigenvalue weighted by Crippen LogP contribution is 2.19. The van der Waals surface area contributed by atoms with Crippen LogP contribution in [0.3, 0.4) is 0 Å². The third-order valence-electron chi connectivity index (χ3n) is 3.54. The van der Waals surface area contributed by atoms with E-state index in [1.807, 2.05) is 6.26 Å². The second kappa shape index (κ2) is 5.88. The first-order chi connectivity index (χ1) is 10.5. The standard InChI is InChI=1S/C13H16N4O3S2/c1-21-7-10-11(12-14-4-2-5-17(12)16-10)13(18)15-9-3-6-22(19,20)8-9/h2,4-5,9H,3,6-8H2,1H3,(H,15,18). The van der Waals surface area contributed by atoms with Crippen molar-refractivity contribution < 1.29 is 13.2 Å². The van der Waals surface area contributed by atoms with E-state index >= 15 is 0 Å². The first-order valence-electron chi connectivity index (χ1n) is 6.82. The van der Waals surface area contributed by atoms with Gasteiger partial charge >= 0.3 is 0 Å². The summed E-state index contributed by atoms with van der Waals surface area (Å²) in [7, 11) is -3.03. The molecule has 3 heterocycles. The molecule has 1 N–H and O–H groups in total. The first-order valence-corrected chi connectivity index (χ1v) is 10.0. The molecule has 0 bridgehead atoms. The van der Waals surface area contributed by atoms with Gasteiger partial charge in [0.05, 0.1) is 17.2 Å². The minimum absolute atomic E-state index is 0.00322. The van der Waals surface area contributed by atoms with Crippen molar-refractivity contribution in [3.63, 3.8) is 0 Å². The summed E-state index contributed by atoms with van der Waals surface area (Å²) in [6.45, 7) is 0. The SMILES string of the molecule is CSCc1nn2cccnc2c1C(=O)NC1CCS(=O)(=O)C1. The van der Waals surface area contributed by atoms with Crippen LogP contribution in [0.4, 0.5) is 0 Å². The van der Waals surface area contributed by atoms with Crippen LogP contribution >= 0.6 is 11.8 Å². The molecule has 0 radical (unpaired) electrons. The van der Waals surface area contributed by atoms with E-state index in [2.05, 4.69) is 15.4 Å². The summed E-state index contributed by atoms with van der Waals surface area (Å²) < 4.78 is 24.6. The van der Waals surface area contributed by atoms with Gasteiger partial charge in [-0.05, 0) is 18.7 Å². The van der Waals surface area contributed by atoms with Crippen LogP contribution in [0.5, 0.6) is 0 Å². The zero-order chi connectivity index (χ0) is 15.7. The molecule has 2 aromatic heterocycles. The van der Waals surface area contributed by atoms with Gasteiger partial charge in [-0.1, -0.05) is 0 Å². The lowest BCUT2D eigenvalue weighted by Gasteiger charge is -2.10. The summed E-state index contributed by atoms with van der Waals surface area (Å²) in [5.41, 5.74) is 1.58. The molecule has 1 aliphatic rings. The van der Waals surface area contributed by atoms with E-state index < -0.39 is 9.84 Å². The van der Waals surface area contributed by atoms with Crippen LogP contribution in [-0.2, 0) is 15.6 Å². The van der Waals surface area contributed by atoms with E-state index in [0.717, 1.165) is 0 Å². The molecule has 0 aliphatic carbocycles. The molecular formula is C13H16N4O3S2. The van der Waals surface area contributed by atoms with Crippen LogP contribution in [0, 0.1) is 0 Å². The molecule has 2 aromatic rings. The second-order valence-corrected chi connectivity index (χ2v) is 8.31. The minimum atomic E-state index is -3.03. The van der Waals surface area contributed by atoms with E-state index in [4.69, 9.17) is 0 Å². The van der Waals surface area contributed by atoms with Crippen LogP contribution in [-0.4, -0.2) is 52.7 Å². The summed E-state index contributed by atoms with van der Waals surface area (Å²) in [4.78, 5) is 16.8. The summed E-state index contributed by atoms with van der Waals surface area (Å²) in [6.07, 6.45) is 5.74. The minimum Gasteiger partial charge on any atom is -0.348 e. The van der Waals surface area contributed by atoms with Gasteiger partial charge in [-0.2, -0.15) is 16.9 Å². The number of rotatable bonds is 4. The summed E-state index contributed by atoms with van der Waals surface area (Å²) >= 11 is 1.56. The van der Waals surface area contributed by atoms with Gasteiger partial charge in [-0.3, -0.25) is 4.79 Å². The lowest BCUT2D eigenvalue weighted by atomic mass is 10.2. The Balaban J connectivity index is 1.91. The maximum atomic E-state index is 12.6. The molecule has 1 aliphatic heterocycles. The molecule has 0 saturated carbocycles. The predicted molar refractivity (Wildman–Crippen MR) is 84.7 cm³/mol. The van der Waals surface area contributed by atoms with Crippen molar-refractivity contribution in [2.75, 3.05) is 17.8 Å². The summed E-state index contributed by atoms with van der Waals surface area (Å²) in [5.74, 6) is 0.417. The summed E-state index contributed by atoms with van der Waals surface area (Å²) in [5, 5.41) is 7.19. The molecule has 1 unspecified atom stereocenters. The monoisotopic (exact) mass is 340 g/mol. The zero-order valence-corrected chi connectivity index (χ0v) is 13.7. The normalized spacial score (nSPS) is 20.3. The predicted octanol–water partition coefficient (Wildman–Crippen LogP) is 0.509. The van der Waals surface area contributed by atoms with Crippen molar-refractivity contribution in [2.45, 2.75) is 18.2 Å². The zero-order valence-electron chi connectivity index (χ0n) is 12.0. The van der Waals surface area contributed by atoms with Crippen molar-refractivity contribution in [3.8, 4) is 0 Å². The van der Waals surface area contributed by atoms with Crippen molar-refractivity contribution in [2.24, 2.45) is 0 Å². The highest BCUT2D eigenvalue weighted by Gasteiger charge is 2.30. The number of sulfone groups is 1. The number of hydrogen-bond acceptors (Lipinski definition) is 6. The van der Waals surface area contributed by atoms with Crippen molar-refractivity contribution >= 4 is 33.2 Å². The number of nitrogens with zero attached hydrogens (tertiary/aromatic N) is 3. The van der Waals surface area contributed by atoms with E-state index in [1.54, 1.807) is 34.7 Å². The molecule has 0 aromatic carbocycles. The van der Waals surface area contributed by atoms with Gasteiger partial charge in [0.1, 0.15) is 5.56 Å². The Labute approximate surface area is 132 Å². The fourth-order valence-corrected chi connectivity index (χ4v) is 4.72. The van der Waals surface area contributed by atoms with Crippen LogP contribution in [0.25, 0.3) is 5.65 Å².